The maximum Gasteiger partial charge on any atom is 0.133 e. The third-order valence-electron chi connectivity index (χ3n) is 3.71. The van der Waals surface area contributed by atoms with E-state index in [0.29, 0.717) is 12.6 Å². The molecule has 0 saturated heterocycles. The molecule has 0 aromatic carbocycles. The van der Waals surface area contributed by atoms with E-state index in [1.165, 1.54) is 23.9 Å². The summed E-state index contributed by atoms with van der Waals surface area (Å²) in [4.78, 5) is 4.19. The zero-order valence-electron chi connectivity index (χ0n) is 11.0. The van der Waals surface area contributed by atoms with E-state index in [1.807, 2.05) is 24.0 Å². The molecule has 2 heterocycles. The lowest BCUT2D eigenvalue weighted by atomic mass is 9.93. The Morgan fingerprint density at radius 3 is 3.11 bits per heavy atom. The lowest BCUT2D eigenvalue weighted by Gasteiger charge is -2.23. The summed E-state index contributed by atoms with van der Waals surface area (Å²) in [6.07, 6.45) is 6.88. The van der Waals surface area contributed by atoms with Crippen LogP contribution in [-0.4, -0.2) is 19.9 Å². The number of aromatic nitrogens is 3. The van der Waals surface area contributed by atoms with Crippen molar-refractivity contribution in [3.8, 4) is 5.75 Å². The average molecular weight is 258 g/mol. The summed E-state index contributed by atoms with van der Waals surface area (Å²) in [5.74, 6) is 0.205. The molecular formula is C14H18N4O. The third-order valence-corrected chi connectivity index (χ3v) is 3.71. The number of nitrogens with one attached hydrogen (secondary N) is 1. The number of aryl methyl sites for hydroxylation is 1. The summed E-state index contributed by atoms with van der Waals surface area (Å²) >= 11 is 0. The quantitative estimate of drug-likeness (QED) is 0.879. The second-order valence-electron chi connectivity index (χ2n) is 5.00. The number of hydrogen-bond donors (Lipinski definition) is 2. The Bertz CT molecular complexity index is 561. The Hall–Kier alpha value is -1.88. The van der Waals surface area contributed by atoms with Crippen molar-refractivity contribution in [2.45, 2.75) is 31.8 Å². The van der Waals surface area contributed by atoms with E-state index < -0.39 is 0 Å². The molecule has 100 valence electrons. The van der Waals surface area contributed by atoms with Crippen LogP contribution < -0.4 is 5.32 Å². The summed E-state index contributed by atoms with van der Waals surface area (Å²) in [5.41, 5.74) is 3.59. The normalized spacial score (nSPS) is 18.3. The average Bonchev–Trinajstić information content (AvgIpc) is 2.81. The highest BCUT2D eigenvalue weighted by Gasteiger charge is 2.22. The zero-order chi connectivity index (χ0) is 13.2. The van der Waals surface area contributed by atoms with E-state index >= 15 is 0 Å². The Morgan fingerprint density at radius 1 is 1.42 bits per heavy atom. The van der Waals surface area contributed by atoms with Gasteiger partial charge in [-0.05, 0) is 31.4 Å². The molecule has 5 nitrogen and oxygen atoms in total. The van der Waals surface area contributed by atoms with Gasteiger partial charge in [0.05, 0.1) is 18.1 Å². The van der Waals surface area contributed by atoms with Gasteiger partial charge >= 0.3 is 0 Å². The van der Waals surface area contributed by atoms with E-state index in [4.69, 9.17) is 0 Å². The number of pyridine rings is 1. The summed E-state index contributed by atoms with van der Waals surface area (Å²) in [6.45, 7) is 0.708. The Labute approximate surface area is 112 Å². The topological polar surface area (TPSA) is 63.0 Å². The van der Waals surface area contributed by atoms with Gasteiger partial charge < -0.3 is 10.4 Å². The lowest BCUT2D eigenvalue weighted by Crippen LogP contribution is -2.25. The van der Waals surface area contributed by atoms with Gasteiger partial charge in [-0.3, -0.25) is 9.67 Å². The minimum Gasteiger partial charge on any atom is -0.506 e. The number of nitrogens with zero attached hydrogens (tertiary/aromatic N) is 3. The summed E-state index contributed by atoms with van der Waals surface area (Å²) in [7, 11) is 2.00. The monoisotopic (exact) mass is 258 g/mol. The molecule has 1 atom stereocenters. The van der Waals surface area contributed by atoms with Crippen LogP contribution in [0.5, 0.6) is 5.75 Å². The van der Waals surface area contributed by atoms with Gasteiger partial charge in [-0.15, -0.1) is 0 Å². The maximum absolute atomic E-state index is 9.21. The van der Waals surface area contributed by atoms with Crippen molar-refractivity contribution in [3.63, 3.8) is 0 Å². The van der Waals surface area contributed by atoms with Crippen molar-refractivity contribution in [2.75, 3.05) is 0 Å². The van der Waals surface area contributed by atoms with Crippen LogP contribution in [0.4, 0.5) is 0 Å². The van der Waals surface area contributed by atoms with E-state index in [1.54, 1.807) is 6.07 Å². The van der Waals surface area contributed by atoms with Gasteiger partial charge in [0.25, 0.3) is 0 Å². The van der Waals surface area contributed by atoms with Crippen LogP contribution in [0, 0.1) is 0 Å². The minimum atomic E-state index is 0.205. The molecule has 19 heavy (non-hydrogen) atoms. The molecule has 5 heteroatoms. The van der Waals surface area contributed by atoms with E-state index in [2.05, 4.69) is 15.4 Å². The second kappa shape index (κ2) is 5.01. The van der Waals surface area contributed by atoms with Crippen molar-refractivity contribution < 1.29 is 5.11 Å². The van der Waals surface area contributed by atoms with Crippen molar-refractivity contribution >= 4 is 0 Å². The molecule has 0 spiro atoms. The molecule has 0 bridgehead atoms. The van der Waals surface area contributed by atoms with Crippen molar-refractivity contribution in [1.82, 2.24) is 20.1 Å². The molecule has 1 aliphatic rings. The first kappa shape index (κ1) is 12.2. The van der Waals surface area contributed by atoms with E-state index in [-0.39, 0.29) is 5.75 Å². The molecule has 0 saturated carbocycles. The number of hydrogen-bond acceptors (Lipinski definition) is 4. The highest BCUT2D eigenvalue weighted by atomic mass is 16.3. The Morgan fingerprint density at radius 2 is 2.32 bits per heavy atom. The predicted octanol–water partition coefficient (Wildman–Crippen LogP) is 1.69. The smallest absolute Gasteiger partial charge is 0.133 e. The maximum atomic E-state index is 9.21. The number of fused-ring (bicyclic) bond motifs is 1. The SMILES string of the molecule is Cn1ncc2c1CCCC2NCc1ccc(O)cn1. The molecule has 2 aromatic rings. The predicted molar refractivity (Wildman–Crippen MR) is 71.6 cm³/mol. The Kier molecular flexibility index (Phi) is 3.21. The fourth-order valence-corrected chi connectivity index (χ4v) is 2.67. The number of aromatic hydroxyl groups is 1. The summed E-state index contributed by atoms with van der Waals surface area (Å²) in [5, 5.41) is 17.1. The fourth-order valence-electron chi connectivity index (χ4n) is 2.67. The van der Waals surface area contributed by atoms with E-state index in [0.717, 1.165) is 18.5 Å². The van der Waals surface area contributed by atoms with Crippen molar-refractivity contribution in [3.05, 3.63) is 41.5 Å². The molecule has 0 aliphatic heterocycles. The van der Waals surface area contributed by atoms with Crippen LogP contribution in [0.15, 0.2) is 24.5 Å². The third kappa shape index (κ3) is 2.46. The van der Waals surface area contributed by atoms with Gasteiger partial charge in [-0.2, -0.15) is 5.10 Å². The molecule has 1 unspecified atom stereocenters. The summed E-state index contributed by atoms with van der Waals surface area (Å²) < 4.78 is 1.97. The largest absolute Gasteiger partial charge is 0.506 e. The van der Waals surface area contributed by atoms with Crippen molar-refractivity contribution in [1.29, 1.82) is 0 Å². The molecule has 2 N–H and O–H groups in total. The first-order chi connectivity index (χ1) is 9.24. The second-order valence-corrected chi connectivity index (χ2v) is 5.00. The zero-order valence-corrected chi connectivity index (χ0v) is 11.0. The molecule has 1 aliphatic carbocycles. The standard InChI is InChI=1S/C14H18N4O/c1-18-14-4-2-3-13(12(14)9-17-18)16-7-10-5-6-11(19)8-15-10/h5-6,8-9,13,16,19H,2-4,7H2,1H3. The van der Waals surface area contributed by atoms with Crippen LogP contribution in [-0.2, 0) is 20.0 Å². The highest BCUT2D eigenvalue weighted by molar-refractivity contribution is 5.25. The van der Waals surface area contributed by atoms with Gasteiger partial charge in [0.2, 0.25) is 0 Å². The van der Waals surface area contributed by atoms with Crippen molar-refractivity contribution in [2.24, 2.45) is 7.05 Å². The molecule has 0 fully saturated rings. The first-order valence-electron chi connectivity index (χ1n) is 6.62. The molecule has 2 aromatic heterocycles. The lowest BCUT2D eigenvalue weighted by molar-refractivity contribution is 0.447. The minimum absolute atomic E-state index is 0.205. The van der Waals surface area contributed by atoms with Gasteiger partial charge in [-0.1, -0.05) is 0 Å². The van der Waals surface area contributed by atoms with Crippen LogP contribution in [0.3, 0.4) is 0 Å². The van der Waals surface area contributed by atoms with Gasteiger partial charge in [0.15, 0.2) is 0 Å². The van der Waals surface area contributed by atoms with Crippen LogP contribution in [0.2, 0.25) is 0 Å². The molecular weight excluding hydrogens is 240 g/mol. The summed E-state index contributed by atoms with van der Waals surface area (Å²) in [6, 6.07) is 3.86. The van der Waals surface area contributed by atoms with Crippen LogP contribution in [0.1, 0.15) is 35.8 Å². The van der Waals surface area contributed by atoms with Gasteiger partial charge in [0.1, 0.15) is 5.75 Å². The Balaban J connectivity index is 1.69. The molecule has 3 rings (SSSR count). The molecule has 0 radical (unpaired) electrons. The first-order valence-corrected chi connectivity index (χ1v) is 6.62. The van der Waals surface area contributed by atoms with E-state index in [9.17, 15) is 5.11 Å². The number of rotatable bonds is 3. The van der Waals surface area contributed by atoms with Gasteiger partial charge in [0, 0.05) is 30.9 Å². The fraction of sp³-hybridized carbons (Fsp3) is 0.429. The van der Waals surface area contributed by atoms with Crippen LogP contribution >= 0.6 is 0 Å². The highest BCUT2D eigenvalue weighted by Crippen LogP contribution is 2.29. The van der Waals surface area contributed by atoms with Crippen LogP contribution in [0.25, 0.3) is 0 Å². The van der Waals surface area contributed by atoms with Gasteiger partial charge in [-0.25, -0.2) is 0 Å². The molecule has 0 amide bonds.